The number of rotatable bonds is 6. The molecule has 1 saturated carbocycles. The van der Waals surface area contributed by atoms with Crippen LogP contribution in [0.2, 0.25) is 0 Å². The molecule has 3 heterocycles. The molecule has 124 valence electrons. The van der Waals surface area contributed by atoms with Crippen LogP contribution in [0.15, 0.2) is 44.5 Å². The molecular weight excluding hydrogens is 334 g/mol. The van der Waals surface area contributed by atoms with E-state index in [1.54, 1.807) is 12.1 Å². The summed E-state index contributed by atoms with van der Waals surface area (Å²) in [4.78, 5) is 7.97. The van der Waals surface area contributed by atoms with Crippen LogP contribution in [0.1, 0.15) is 30.4 Å². The largest absolute Gasteiger partial charge is 0.360 e. The Balaban J connectivity index is 1.45. The van der Waals surface area contributed by atoms with E-state index in [4.69, 9.17) is 9.05 Å². The number of aromatic nitrogens is 4. The first kappa shape index (κ1) is 15.0. The fourth-order valence-electron chi connectivity index (χ4n) is 2.13. The van der Waals surface area contributed by atoms with Gasteiger partial charge in [0.2, 0.25) is 21.7 Å². The highest BCUT2D eigenvalue weighted by atomic mass is 32.2. The molecule has 0 aliphatic heterocycles. The van der Waals surface area contributed by atoms with Gasteiger partial charge in [-0.25, -0.2) is 13.1 Å². The molecule has 0 atom stereocenters. The van der Waals surface area contributed by atoms with Crippen molar-refractivity contribution in [3.05, 3.63) is 42.2 Å². The zero-order chi connectivity index (χ0) is 16.6. The number of hydrogen-bond donors (Lipinski definition) is 1. The van der Waals surface area contributed by atoms with Crippen molar-refractivity contribution in [3.63, 3.8) is 0 Å². The average Bonchev–Trinajstić information content (AvgIpc) is 3.14. The lowest BCUT2D eigenvalue weighted by molar-refractivity contribution is 0.373. The Kier molecular flexibility index (Phi) is 3.62. The Morgan fingerprint density at radius 1 is 1.25 bits per heavy atom. The molecule has 4 rings (SSSR count). The second kappa shape index (κ2) is 5.80. The van der Waals surface area contributed by atoms with E-state index in [-0.39, 0.29) is 23.2 Å². The fraction of sp³-hybridized carbons (Fsp3) is 0.286. The van der Waals surface area contributed by atoms with Gasteiger partial charge in [0.25, 0.3) is 0 Å². The Morgan fingerprint density at radius 3 is 2.88 bits per heavy atom. The zero-order valence-electron chi connectivity index (χ0n) is 12.4. The molecule has 1 fully saturated rings. The van der Waals surface area contributed by atoms with Crippen molar-refractivity contribution < 1.29 is 17.5 Å². The highest BCUT2D eigenvalue weighted by Gasteiger charge is 2.28. The third-order valence-corrected chi connectivity index (χ3v) is 4.95. The summed E-state index contributed by atoms with van der Waals surface area (Å²) in [6.45, 7) is -0.127. The number of hydrogen-bond acceptors (Lipinski definition) is 8. The number of sulfonamides is 1. The fourth-order valence-corrected chi connectivity index (χ4v) is 3.07. The maximum atomic E-state index is 12.1. The van der Waals surface area contributed by atoms with E-state index < -0.39 is 10.0 Å². The van der Waals surface area contributed by atoms with Crippen LogP contribution in [0.25, 0.3) is 11.5 Å². The first-order valence-corrected chi connectivity index (χ1v) is 8.79. The number of pyridine rings is 1. The molecule has 0 bridgehead atoms. The summed E-state index contributed by atoms with van der Waals surface area (Å²) in [5.41, 5.74) is 0.474. The predicted molar refractivity (Wildman–Crippen MR) is 80.0 cm³/mol. The standard InChI is InChI=1S/C14H13N5O4S/c20-24(21,10-2-1-5-15-7-10)16-8-13-17-14(19-23-13)11-6-12(22-18-11)9-3-4-9/h1-2,5-7,9,16H,3-4,8H2. The van der Waals surface area contributed by atoms with Gasteiger partial charge in [0.15, 0.2) is 5.69 Å². The third kappa shape index (κ3) is 3.05. The van der Waals surface area contributed by atoms with Gasteiger partial charge < -0.3 is 9.05 Å². The molecule has 0 unspecified atom stereocenters. The molecule has 10 heteroatoms. The molecule has 0 radical (unpaired) electrons. The molecule has 9 nitrogen and oxygen atoms in total. The minimum atomic E-state index is -3.69. The smallest absolute Gasteiger partial charge is 0.242 e. The normalized spacial score (nSPS) is 14.8. The highest BCUT2D eigenvalue weighted by molar-refractivity contribution is 7.89. The summed E-state index contributed by atoms with van der Waals surface area (Å²) < 4.78 is 36.9. The van der Waals surface area contributed by atoms with Crippen LogP contribution in [0.4, 0.5) is 0 Å². The van der Waals surface area contributed by atoms with Gasteiger partial charge >= 0.3 is 0 Å². The van der Waals surface area contributed by atoms with Gasteiger partial charge in [-0.05, 0) is 25.0 Å². The van der Waals surface area contributed by atoms with Gasteiger partial charge in [-0.15, -0.1) is 0 Å². The maximum absolute atomic E-state index is 12.1. The van der Waals surface area contributed by atoms with E-state index in [0.717, 1.165) is 18.6 Å². The van der Waals surface area contributed by atoms with Crippen molar-refractivity contribution in [3.8, 4) is 11.5 Å². The maximum Gasteiger partial charge on any atom is 0.242 e. The first-order valence-electron chi connectivity index (χ1n) is 7.31. The third-order valence-electron chi connectivity index (χ3n) is 3.56. The lowest BCUT2D eigenvalue weighted by atomic mass is 10.3. The molecule has 0 aromatic carbocycles. The summed E-state index contributed by atoms with van der Waals surface area (Å²) in [6, 6.07) is 4.77. The summed E-state index contributed by atoms with van der Waals surface area (Å²) >= 11 is 0. The predicted octanol–water partition coefficient (Wildman–Crippen LogP) is 1.48. The first-order chi connectivity index (χ1) is 11.6. The van der Waals surface area contributed by atoms with E-state index in [2.05, 4.69) is 25.0 Å². The summed E-state index contributed by atoms with van der Waals surface area (Å²) in [5, 5.41) is 7.71. The molecule has 1 aliphatic rings. The van der Waals surface area contributed by atoms with E-state index in [9.17, 15) is 8.42 Å². The summed E-state index contributed by atoms with van der Waals surface area (Å²) in [7, 11) is -3.69. The minimum Gasteiger partial charge on any atom is -0.360 e. The van der Waals surface area contributed by atoms with Crippen molar-refractivity contribution in [1.82, 2.24) is 25.0 Å². The number of nitrogens with one attached hydrogen (secondary N) is 1. The summed E-state index contributed by atoms with van der Waals surface area (Å²) in [6.07, 6.45) is 4.96. The van der Waals surface area contributed by atoms with Crippen LogP contribution in [-0.2, 0) is 16.6 Å². The van der Waals surface area contributed by atoms with Crippen LogP contribution in [0, 0.1) is 0 Å². The number of nitrogens with zero attached hydrogens (tertiary/aromatic N) is 4. The second-order valence-electron chi connectivity index (χ2n) is 5.41. The minimum absolute atomic E-state index is 0.0651. The monoisotopic (exact) mass is 347 g/mol. The Labute approximate surface area is 137 Å². The van der Waals surface area contributed by atoms with Gasteiger partial charge in [-0.1, -0.05) is 10.3 Å². The molecular formula is C14H13N5O4S. The quantitative estimate of drug-likeness (QED) is 0.711. The molecule has 3 aromatic rings. The Morgan fingerprint density at radius 2 is 2.12 bits per heavy atom. The van der Waals surface area contributed by atoms with Gasteiger partial charge in [0.05, 0.1) is 6.54 Å². The summed E-state index contributed by atoms with van der Waals surface area (Å²) in [5.74, 6) is 1.65. The zero-order valence-corrected chi connectivity index (χ0v) is 13.2. The van der Waals surface area contributed by atoms with Gasteiger partial charge in [-0.2, -0.15) is 4.98 Å². The van der Waals surface area contributed by atoms with E-state index >= 15 is 0 Å². The van der Waals surface area contributed by atoms with Gasteiger partial charge in [0, 0.05) is 24.4 Å². The molecule has 0 spiro atoms. The van der Waals surface area contributed by atoms with Crippen molar-refractivity contribution in [2.75, 3.05) is 0 Å². The van der Waals surface area contributed by atoms with Crippen LogP contribution in [0.5, 0.6) is 0 Å². The van der Waals surface area contributed by atoms with E-state index in [1.165, 1.54) is 18.5 Å². The molecule has 0 amide bonds. The SMILES string of the molecule is O=S(=O)(NCc1nc(-c2cc(C3CC3)on2)no1)c1cccnc1. The second-order valence-corrected chi connectivity index (χ2v) is 7.18. The van der Waals surface area contributed by atoms with Crippen molar-refractivity contribution in [1.29, 1.82) is 0 Å². The van der Waals surface area contributed by atoms with E-state index in [0.29, 0.717) is 11.6 Å². The van der Waals surface area contributed by atoms with Crippen LogP contribution < -0.4 is 4.72 Å². The van der Waals surface area contributed by atoms with E-state index in [1.807, 2.05) is 0 Å². The average molecular weight is 347 g/mol. The lowest BCUT2D eigenvalue weighted by Gasteiger charge is -2.03. The van der Waals surface area contributed by atoms with Gasteiger partial charge in [0.1, 0.15) is 10.7 Å². The Hall–Kier alpha value is -2.59. The van der Waals surface area contributed by atoms with Crippen molar-refractivity contribution in [2.24, 2.45) is 0 Å². The topological polar surface area (TPSA) is 124 Å². The Bertz CT molecular complexity index is 946. The highest BCUT2D eigenvalue weighted by Crippen LogP contribution is 2.40. The lowest BCUT2D eigenvalue weighted by Crippen LogP contribution is -2.23. The molecule has 0 saturated heterocycles. The molecule has 24 heavy (non-hydrogen) atoms. The van der Waals surface area contributed by atoms with Crippen molar-refractivity contribution in [2.45, 2.75) is 30.2 Å². The van der Waals surface area contributed by atoms with Crippen molar-refractivity contribution >= 4 is 10.0 Å². The molecule has 1 N–H and O–H groups in total. The molecule has 3 aromatic heterocycles. The molecule has 1 aliphatic carbocycles. The van der Waals surface area contributed by atoms with Crippen LogP contribution >= 0.6 is 0 Å². The van der Waals surface area contributed by atoms with Crippen LogP contribution in [-0.4, -0.2) is 28.7 Å². The van der Waals surface area contributed by atoms with Crippen LogP contribution in [0.3, 0.4) is 0 Å². The van der Waals surface area contributed by atoms with Gasteiger partial charge in [-0.3, -0.25) is 4.98 Å².